The van der Waals surface area contributed by atoms with Gasteiger partial charge in [0, 0.05) is 50.4 Å². The lowest BCUT2D eigenvalue weighted by Crippen LogP contribution is -2.45. The maximum atomic E-state index is 12.9. The SMILES string of the molecule is COc1ccc(CC(=O)N2CCCC(CNC(=O)C3CCOCC3)C2)c(OC)c1. The van der Waals surface area contributed by atoms with E-state index in [-0.39, 0.29) is 17.7 Å². The summed E-state index contributed by atoms with van der Waals surface area (Å²) in [5.74, 6) is 1.95. The van der Waals surface area contributed by atoms with Crippen molar-refractivity contribution in [1.29, 1.82) is 0 Å². The van der Waals surface area contributed by atoms with Gasteiger partial charge in [-0.15, -0.1) is 0 Å². The van der Waals surface area contributed by atoms with Crippen molar-refractivity contribution in [3.63, 3.8) is 0 Å². The van der Waals surface area contributed by atoms with E-state index in [9.17, 15) is 9.59 Å². The first-order valence-electron chi connectivity index (χ1n) is 10.4. The molecule has 2 saturated heterocycles. The third kappa shape index (κ3) is 5.85. The molecule has 1 aromatic carbocycles. The highest BCUT2D eigenvalue weighted by Gasteiger charge is 2.26. The number of nitrogens with one attached hydrogen (secondary N) is 1. The molecular formula is C22H32N2O5. The predicted molar refractivity (Wildman–Crippen MR) is 109 cm³/mol. The van der Waals surface area contributed by atoms with Gasteiger partial charge in [-0.1, -0.05) is 6.07 Å². The Balaban J connectivity index is 1.50. The van der Waals surface area contributed by atoms with Crippen molar-refractivity contribution in [2.75, 3.05) is 47.1 Å². The van der Waals surface area contributed by atoms with Crippen LogP contribution in [0.1, 0.15) is 31.2 Å². The zero-order valence-corrected chi connectivity index (χ0v) is 17.4. The summed E-state index contributed by atoms with van der Waals surface area (Å²) in [6, 6.07) is 5.52. The van der Waals surface area contributed by atoms with Crippen LogP contribution in [-0.4, -0.2) is 63.8 Å². The molecule has 0 radical (unpaired) electrons. The van der Waals surface area contributed by atoms with Crippen molar-refractivity contribution in [3.8, 4) is 11.5 Å². The summed E-state index contributed by atoms with van der Waals surface area (Å²) in [5.41, 5.74) is 0.855. The highest BCUT2D eigenvalue weighted by Crippen LogP contribution is 2.26. The average Bonchev–Trinajstić information content (AvgIpc) is 2.78. The van der Waals surface area contributed by atoms with Gasteiger partial charge in [-0.3, -0.25) is 9.59 Å². The van der Waals surface area contributed by atoms with Gasteiger partial charge in [0.05, 0.1) is 20.6 Å². The Bertz CT molecular complexity index is 702. The zero-order chi connectivity index (χ0) is 20.6. The molecular weight excluding hydrogens is 372 g/mol. The first-order valence-corrected chi connectivity index (χ1v) is 10.4. The van der Waals surface area contributed by atoms with E-state index in [1.807, 2.05) is 17.0 Å². The van der Waals surface area contributed by atoms with E-state index in [4.69, 9.17) is 14.2 Å². The molecule has 1 unspecified atom stereocenters. The Morgan fingerprint density at radius 1 is 1.17 bits per heavy atom. The molecule has 3 rings (SSSR count). The minimum atomic E-state index is 0.0626. The summed E-state index contributed by atoms with van der Waals surface area (Å²) in [6.45, 7) is 3.41. The van der Waals surface area contributed by atoms with Crippen LogP contribution in [0.5, 0.6) is 11.5 Å². The second-order valence-corrected chi connectivity index (χ2v) is 7.83. The molecule has 160 valence electrons. The Kier molecular flexibility index (Phi) is 7.75. The quantitative estimate of drug-likeness (QED) is 0.753. The Labute approximate surface area is 172 Å². The summed E-state index contributed by atoms with van der Waals surface area (Å²) >= 11 is 0. The summed E-state index contributed by atoms with van der Waals surface area (Å²) in [5, 5.41) is 3.10. The molecule has 2 aliphatic heterocycles. The molecule has 29 heavy (non-hydrogen) atoms. The van der Waals surface area contributed by atoms with Crippen molar-refractivity contribution < 1.29 is 23.8 Å². The summed E-state index contributed by atoms with van der Waals surface area (Å²) in [4.78, 5) is 27.1. The molecule has 1 aromatic rings. The molecule has 0 spiro atoms. The van der Waals surface area contributed by atoms with Gasteiger partial charge in [-0.25, -0.2) is 0 Å². The molecule has 7 heteroatoms. The molecule has 1 atom stereocenters. The van der Waals surface area contributed by atoms with Gasteiger partial charge in [0.1, 0.15) is 11.5 Å². The summed E-state index contributed by atoms with van der Waals surface area (Å²) < 4.78 is 16.0. The van der Waals surface area contributed by atoms with E-state index < -0.39 is 0 Å². The molecule has 2 amide bonds. The number of piperidine rings is 1. The van der Waals surface area contributed by atoms with E-state index in [0.717, 1.165) is 37.8 Å². The molecule has 1 N–H and O–H groups in total. The van der Waals surface area contributed by atoms with E-state index in [1.165, 1.54) is 0 Å². The number of likely N-dealkylation sites (tertiary alicyclic amines) is 1. The van der Waals surface area contributed by atoms with Gasteiger partial charge in [0.15, 0.2) is 0 Å². The lowest BCUT2D eigenvalue weighted by molar-refractivity contribution is -0.132. The molecule has 2 heterocycles. The highest BCUT2D eigenvalue weighted by atomic mass is 16.5. The van der Waals surface area contributed by atoms with Crippen LogP contribution in [0.3, 0.4) is 0 Å². The maximum absolute atomic E-state index is 12.9. The molecule has 0 aromatic heterocycles. The number of hydrogen-bond acceptors (Lipinski definition) is 5. The largest absolute Gasteiger partial charge is 0.497 e. The summed E-state index contributed by atoms with van der Waals surface area (Å²) in [6.07, 6.45) is 3.89. The fourth-order valence-electron chi connectivity index (χ4n) is 4.08. The van der Waals surface area contributed by atoms with Crippen LogP contribution in [0.25, 0.3) is 0 Å². The number of carbonyl (C=O) groups is 2. The smallest absolute Gasteiger partial charge is 0.227 e. The fourth-order valence-corrected chi connectivity index (χ4v) is 4.08. The lowest BCUT2D eigenvalue weighted by Gasteiger charge is -2.33. The number of amides is 2. The van der Waals surface area contributed by atoms with Gasteiger partial charge in [-0.2, -0.15) is 0 Å². The molecule has 2 aliphatic rings. The van der Waals surface area contributed by atoms with Crippen LogP contribution in [0.4, 0.5) is 0 Å². The van der Waals surface area contributed by atoms with Gasteiger partial charge in [0.2, 0.25) is 11.8 Å². The Morgan fingerprint density at radius 3 is 2.69 bits per heavy atom. The second kappa shape index (κ2) is 10.5. The number of ether oxygens (including phenoxy) is 3. The van der Waals surface area contributed by atoms with Gasteiger partial charge in [0.25, 0.3) is 0 Å². The molecule has 2 fully saturated rings. The monoisotopic (exact) mass is 404 g/mol. The molecule has 0 bridgehead atoms. The van der Waals surface area contributed by atoms with Gasteiger partial charge >= 0.3 is 0 Å². The van der Waals surface area contributed by atoms with Crippen LogP contribution in [-0.2, 0) is 20.7 Å². The van der Waals surface area contributed by atoms with E-state index >= 15 is 0 Å². The Hall–Kier alpha value is -2.28. The number of carbonyl (C=O) groups excluding carboxylic acids is 2. The molecule has 7 nitrogen and oxygen atoms in total. The first-order chi connectivity index (χ1) is 14.1. The van der Waals surface area contributed by atoms with Gasteiger partial charge < -0.3 is 24.4 Å². The number of rotatable bonds is 7. The maximum Gasteiger partial charge on any atom is 0.227 e. The highest BCUT2D eigenvalue weighted by molar-refractivity contribution is 5.80. The van der Waals surface area contributed by atoms with Crippen molar-refractivity contribution >= 4 is 11.8 Å². The lowest BCUT2D eigenvalue weighted by atomic mass is 9.95. The number of benzene rings is 1. The van der Waals surface area contributed by atoms with Gasteiger partial charge in [-0.05, 0) is 37.7 Å². The number of methoxy groups -OCH3 is 2. The predicted octanol–water partition coefficient (Wildman–Crippen LogP) is 2.03. The van der Waals surface area contributed by atoms with Crippen LogP contribution >= 0.6 is 0 Å². The number of hydrogen-bond donors (Lipinski definition) is 1. The van der Waals surface area contributed by atoms with E-state index in [1.54, 1.807) is 20.3 Å². The Morgan fingerprint density at radius 2 is 1.97 bits per heavy atom. The summed E-state index contributed by atoms with van der Waals surface area (Å²) in [7, 11) is 3.20. The fraction of sp³-hybridized carbons (Fsp3) is 0.636. The van der Waals surface area contributed by atoms with Crippen molar-refractivity contribution in [2.45, 2.75) is 32.1 Å². The second-order valence-electron chi connectivity index (χ2n) is 7.83. The number of nitrogens with zero attached hydrogens (tertiary/aromatic N) is 1. The van der Waals surface area contributed by atoms with Crippen LogP contribution in [0.2, 0.25) is 0 Å². The van der Waals surface area contributed by atoms with Crippen molar-refractivity contribution in [1.82, 2.24) is 10.2 Å². The topological polar surface area (TPSA) is 77.1 Å². The van der Waals surface area contributed by atoms with E-state index in [0.29, 0.717) is 50.1 Å². The minimum absolute atomic E-state index is 0.0626. The standard InChI is InChI=1S/C22H32N2O5/c1-27-19-6-5-18(20(13-19)28-2)12-21(25)24-9-3-4-16(15-24)14-23-22(26)17-7-10-29-11-8-17/h5-6,13,16-17H,3-4,7-12,14-15H2,1-2H3,(H,23,26). The molecule has 0 aliphatic carbocycles. The third-order valence-electron chi connectivity index (χ3n) is 5.86. The van der Waals surface area contributed by atoms with Crippen molar-refractivity contribution in [3.05, 3.63) is 23.8 Å². The zero-order valence-electron chi connectivity index (χ0n) is 17.4. The van der Waals surface area contributed by atoms with Crippen LogP contribution < -0.4 is 14.8 Å². The van der Waals surface area contributed by atoms with Crippen LogP contribution in [0.15, 0.2) is 18.2 Å². The minimum Gasteiger partial charge on any atom is -0.497 e. The van der Waals surface area contributed by atoms with E-state index in [2.05, 4.69) is 5.32 Å². The van der Waals surface area contributed by atoms with Crippen molar-refractivity contribution in [2.24, 2.45) is 11.8 Å². The average molecular weight is 405 g/mol. The third-order valence-corrected chi connectivity index (χ3v) is 5.86. The normalized spacial score (nSPS) is 20.2. The first kappa shape index (κ1) is 21.4. The molecule has 0 saturated carbocycles. The van der Waals surface area contributed by atoms with Crippen LogP contribution in [0, 0.1) is 11.8 Å².